The van der Waals surface area contributed by atoms with Crippen molar-refractivity contribution < 1.29 is 5.11 Å². The van der Waals surface area contributed by atoms with Crippen LogP contribution in [0.25, 0.3) is 0 Å². The second kappa shape index (κ2) is 7.47. The minimum absolute atomic E-state index is 0.408. The summed E-state index contributed by atoms with van der Waals surface area (Å²) in [5.74, 6) is 1.00. The molecule has 3 rings (SSSR count). The first kappa shape index (κ1) is 16.5. The maximum atomic E-state index is 10.8. The molecule has 0 amide bonds. The molecule has 1 fully saturated rings. The molecule has 2 aromatic rings. The molecule has 0 aliphatic heterocycles. The van der Waals surface area contributed by atoms with Gasteiger partial charge in [0.25, 0.3) is 0 Å². The lowest BCUT2D eigenvalue weighted by Gasteiger charge is -2.18. The van der Waals surface area contributed by atoms with Gasteiger partial charge in [0.05, 0.1) is 6.54 Å². The van der Waals surface area contributed by atoms with Crippen LogP contribution in [-0.4, -0.2) is 19.9 Å². The highest BCUT2D eigenvalue weighted by atomic mass is 35.5. The van der Waals surface area contributed by atoms with Crippen LogP contribution in [0.5, 0.6) is 0 Å². The molecule has 1 heterocycles. The molecule has 1 aromatic carbocycles. The van der Waals surface area contributed by atoms with Gasteiger partial charge < -0.3 is 5.11 Å². The van der Waals surface area contributed by atoms with Crippen molar-refractivity contribution in [1.29, 1.82) is 0 Å². The highest BCUT2D eigenvalue weighted by Gasteiger charge is 2.21. The molecule has 6 heteroatoms. The van der Waals surface area contributed by atoms with E-state index < -0.39 is 6.10 Å². The molecule has 1 aliphatic carbocycles. The van der Waals surface area contributed by atoms with E-state index in [1.165, 1.54) is 6.33 Å². The lowest BCUT2D eigenvalue weighted by atomic mass is 9.96. The van der Waals surface area contributed by atoms with E-state index in [9.17, 15) is 5.11 Å². The molecule has 1 aromatic heterocycles. The Morgan fingerprint density at radius 3 is 2.70 bits per heavy atom. The minimum Gasteiger partial charge on any atom is -0.384 e. The van der Waals surface area contributed by atoms with Crippen molar-refractivity contribution in [3.63, 3.8) is 0 Å². The highest BCUT2D eigenvalue weighted by Crippen LogP contribution is 2.34. The van der Waals surface area contributed by atoms with E-state index in [4.69, 9.17) is 23.2 Å². The van der Waals surface area contributed by atoms with Crippen LogP contribution in [0, 0.1) is 31.6 Å². The van der Waals surface area contributed by atoms with Crippen molar-refractivity contribution in [2.24, 2.45) is 0 Å². The van der Waals surface area contributed by atoms with Crippen molar-refractivity contribution in [2.75, 3.05) is 0 Å². The first-order chi connectivity index (χ1) is 11.1. The molecule has 4 nitrogen and oxygen atoms in total. The quantitative estimate of drug-likeness (QED) is 0.898. The number of hydrogen-bond acceptors (Lipinski definition) is 3. The second-order valence-electron chi connectivity index (χ2n) is 5.10. The van der Waals surface area contributed by atoms with Gasteiger partial charge in [0, 0.05) is 21.5 Å². The highest BCUT2D eigenvalue weighted by molar-refractivity contribution is 6.35. The summed E-state index contributed by atoms with van der Waals surface area (Å²) < 4.78 is 1.65. The Morgan fingerprint density at radius 1 is 1.26 bits per heavy atom. The summed E-state index contributed by atoms with van der Waals surface area (Å²) in [6.07, 6.45) is 12.0. The van der Waals surface area contributed by atoms with Crippen LogP contribution in [0.3, 0.4) is 0 Å². The van der Waals surface area contributed by atoms with Gasteiger partial charge in [-0.25, -0.2) is 9.67 Å². The summed E-state index contributed by atoms with van der Waals surface area (Å²) >= 11 is 12.2. The molecular weight excluding hydrogens is 333 g/mol. The summed E-state index contributed by atoms with van der Waals surface area (Å²) in [6, 6.07) is 5.06. The summed E-state index contributed by atoms with van der Waals surface area (Å²) in [5, 5.41) is 15.8. The van der Waals surface area contributed by atoms with E-state index >= 15 is 0 Å². The molecule has 1 unspecified atom stereocenters. The van der Waals surface area contributed by atoms with E-state index in [0.29, 0.717) is 22.2 Å². The van der Waals surface area contributed by atoms with Crippen LogP contribution in [0.2, 0.25) is 10.0 Å². The fourth-order valence-corrected chi connectivity index (χ4v) is 2.85. The Hall–Kier alpha value is -1.36. The average Bonchev–Trinajstić information content (AvgIpc) is 3.19. The topological polar surface area (TPSA) is 50.9 Å². The molecule has 0 bridgehead atoms. The van der Waals surface area contributed by atoms with Crippen molar-refractivity contribution in [1.82, 2.24) is 14.8 Å². The van der Waals surface area contributed by atoms with Crippen LogP contribution in [0.15, 0.2) is 42.5 Å². The number of rotatable bonds is 5. The molecule has 5 radical (unpaired) electrons. The predicted molar refractivity (Wildman–Crippen MR) is 90.0 cm³/mol. The molecule has 117 valence electrons. The van der Waals surface area contributed by atoms with Crippen molar-refractivity contribution >= 4 is 23.2 Å². The van der Waals surface area contributed by atoms with Crippen LogP contribution in [0.1, 0.15) is 11.7 Å². The Bertz CT molecular complexity index is 679. The van der Waals surface area contributed by atoms with Crippen molar-refractivity contribution in [2.45, 2.75) is 12.6 Å². The van der Waals surface area contributed by atoms with Gasteiger partial charge in [0.15, 0.2) is 0 Å². The normalized spacial score (nSPS) is 17.6. The number of aliphatic hydroxyl groups excluding tert-OH is 1. The number of hydrogen-bond donors (Lipinski definition) is 1. The van der Waals surface area contributed by atoms with Crippen LogP contribution >= 0.6 is 23.2 Å². The zero-order valence-corrected chi connectivity index (χ0v) is 13.6. The third-order valence-electron chi connectivity index (χ3n) is 3.46. The molecule has 0 saturated heterocycles. The summed E-state index contributed by atoms with van der Waals surface area (Å²) in [6.45, 7) is 0.408. The maximum Gasteiger partial charge on any atom is 0.137 e. The fraction of sp³-hybridized carbons (Fsp3) is 0.118. The largest absolute Gasteiger partial charge is 0.384 e. The van der Waals surface area contributed by atoms with E-state index in [1.54, 1.807) is 29.2 Å². The summed E-state index contributed by atoms with van der Waals surface area (Å²) in [4.78, 5) is 3.93. The Labute approximate surface area is 145 Å². The van der Waals surface area contributed by atoms with Gasteiger partial charge in [0.2, 0.25) is 0 Å². The van der Waals surface area contributed by atoms with Crippen molar-refractivity contribution in [3.05, 3.63) is 89.7 Å². The zero-order chi connectivity index (χ0) is 16.2. The number of aromatic nitrogens is 3. The van der Waals surface area contributed by atoms with Gasteiger partial charge in [0.1, 0.15) is 18.8 Å². The standard InChI is InChI=1S/C17H14Cl2N3O/c18-14-5-6-15(16(19)8-14)17(23)13(7-12-3-1-2-4-12)9-22-11-20-10-21-22/h1-8,10-11,17,23H,9H2/b13-7+. The maximum absolute atomic E-state index is 10.8. The summed E-state index contributed by atoms with van der Waals surface area (Å²) in [7, 11) is 0. The van der Waals surface area contributed by atoms with Crippen molar-refractivity contribution in [3.8, 4) is 0 Å². The molecule has 23 heavy (non-hydrogen) atoms. The van der Waals surface area contributed by atoms with E-state index in [2.05, 4.69) is 10.1 Å². The van der Waals surface area contributed by atoms with Crippen LogP contribution in [0.4, 0.5) is 0 Å². The monoisotopic (exact) mass is 346 g/mol. The first-order valence-corrected chi connectivity index (χ1v) is 7.76. The molecule has 1 atom stereocenters. The van der Waals surface area contributed by atoms with Gasteiger partial charge in [-0.1, -0.05) is 35.3 Å². The minimum atomic E-state index is -0.862. The zero-order valence-electron chi connectivity index (χ0n) is 12.1. The third-order valence-corrected chi connectivity index (χ3v) is 4.02. The summed E-state index contributed by atoms with van der Waals surface area (Å²) in [5.41, 5.74) is 1.36. The number of allylic oxidation sites excluding steroid dienone is 1. The predicted octanol–water partition coefficient (Wildman–Crippen LogP) is 3.65. The van der Waals surface area contributed by atoms with Gasteiger partial charge in [-0.05, 0) is 43.4 Å². The number of halogens is 2. The number of aliphatic hydroxyl groups is 1. The second-order valence-corrected chi connectivity index (χ2v) is 5.94. The van der Waals surface area contributed by atoms with Gasteiger partial charge in [-0.15, -0.1) is 0 Å². The van der Waals surface area contributed by atoms with E-state index in [0.717, 1.165) is 11.5 Å². The smallest absolute Gasteiger partial charge is 0.137 e. The first-order valence-electron chi connectivity index (χ1n) is 7.01. The molecule has 0 spiro atoms. The van der Waals surface area contributed by atoms with E-state index in [1.807, 2.05) is 31.8 Å². The number of benzene rings is 1. The van der Waals surface area contributed by atoms with Gasteiger partial charge in [-0.3, -0.25) is 0 Å². The van der Waals surface area contributed by atoms with Gasteiger partial charge in [-0.2, -0.15) is 5.10 Å². The molecule has 1 N–H and O–H groups in total. The Morgan fingerprint density at radius 2 is 2.04 bits per heavy atom. The molecule has 1 aliphatic rings. The fourth-order valence-electron chi connectivity index (χ4n) is 2.33. The Kier molecular flexibility index (Phi) is 5.36. The molecular formula is C17H14Cl2N3O. The van der Waals surface area contributed by atoms with Crippen LogP contribution in [-0.2, 0) is 6.54 Å². The lowest BCUT2D eigenvalue weighted by molar-refractivity contribution is 0.208. The molecule has 1 saturated carbocycles. The van der Waals surface area contributed by atoms with E-state index in [-0.39, 0.29) is 0 Å². The average molecular weight is 347 g/mol. The SMILES string of the molecule is OC(/C(=C/[C]1[CH][CH][CH][CH]1)Cn1cncn1)c1ccc(Cl)cc1Cl. The van der Waals surface area contributed by atoms with Gasteiger partial charge >= 0.3 is 0 Å². The number of nitrogens with zero attached hydrogens (tertiary/aromatic N) is 3. The Balaban J connectivity index is 1.89. The third kappa shape index (κ3) is 4.14. The lowest BCUT2D eigenvalue weighted by Crippen LogP contribution is -2.11. The van der Waals surface area contributed by atoms with Crippen LogP contribution < -0.4 is 0 Å².